The van der Waals surface area contributed by atoms with Crippen LogP contribution < -0.4 is 10.2 Å². The maximum Gasteiger partial charge on any atom is 0.416 e. The first-order chi connectivity index (χ1) is 10.8. The summed E-state index contributed by atoms with van der Waals surface area (Å²) < 4.78 is 40.6. The topological polar surface area (TPSA) is 35.6 Å². The summed E-state index contributed by atoms with van der Waals surface area (Å²) in [7, 11) is 3.40. The molecule has 2 aliphatic rings. The molecule has 4 nitrogen and oxygen atoms in total. The number of anilines is 1. The van der Waals surface area contributed by atoms with Gasteiger partial charge in [-0.05, 0) is 25.0 Å². The predicted octanol–water partition coefficient (Wildman–Crippen LogP) is 2.75. The molecule has 0 aliphatic carbocycles. The Kier molecular flexibility index (Phi) is 4.00. The highest BCUT2D eigenvalue weighted by molar-refractivity contribution is 5.84. The molecule has 0 bridgehead atoms. The quantitative estimate of drug-likeness (QED) is 0.907. The smallest absolute Gasteiger partial charge is 0.378 e. The van der Waals surface area contributed by atoms with Crippen LogP contribution >= 0.6 is 0 Å². The molecule has 2 atom stereocenters. The van der Waals surface area contributed by atoms with Crippen LogP contribution in [0.25, 0.3) is 0 Å². The summed E-state index contributed by atoms with van der Waals surface area (Å²) in [4.78, 5) is 15.6. The summed E-state index contributed by atoms with van der Waals surface area (Å²) in [5.41, 5.74) is -0.0679. The van der Waals surface area contributed by atoms with E-state index in [0.29, 0.717) is 18.7 Å². The van der Waals surface area contributed by atoms with Crippen LogP contribution in [0.5, 0.6) is 0 Å². The summed E-state index contributed by atoms with van der Waals surface area (Å²) in [6.45, 7) is 0.640. The number of halogens is 3. The number of fused-ring (bicyclic) bond motifs is 1. The predicted molar refractivity (Wildman–Crippen MR) is 81.0 cm³/mol. The van der Waals surface area contributed by atoms with Gasteiger partial charge in [0.05, 0.1) is 11.6 Å². The zero-order chi connectivity index (χ0) is 16.8. The highest BCUT2D eigenvalue weighted by Gasteiger charge is 2.45. The lowest BCUT2D eigenvalue weighted by atomic mass is 9.99. The third-order valence-corrected chi connectivity index (χ3v) is 4.61. The fraction of sp³-hybridized carbons (Fsp3) is 0.562. The van der Waals surface area contributed by atoms with Gasteiger partial charge >= 0.3 is 6.18 Å². The zero-order valence-corrected chi connectivity index (χ0v) is 13.2. The van der Waals surface area contributed by atoms with Gasteiger partial charge in [-0.15, -0.1) is 0 Å². The van der Waals surface area contributed by atoms with E-state index in [4.69, 9.17) is 0 Å². The van der Waals surface area contributed by atoms with Crippen LogP contribution in [-0.2, 0) is 11.0 Å². The summed E-state index contributed by atoms with van der Waals surface area (Å²) in [6.07, 6.45) is -2.61. The fourth-order valence-corrected chi connectivity index (χ4v) is 3.42. The van der Waals surface area contributed by atoms with Crippen LogP contribution in [0, 0.1) is 0 Å². The van der Waals surface area contributed by atoms with Crippen molar-refractivity contribution < 1.29 is 18.0 Å². The minimum absolute atomic E-state index is 0.126. The maximum absolute atomic E-state index is 13.5. The average Bonchev–Trinajstić information content (AvgIpc) is 2.83. The first-order valence-corrected chi connectivity index (χ1v) is 7.73. The highest BCUT2D eigenvalue weighted by Crippen LogP contribution is 2.40. The molecule has 7 heteroatoms. The van der Waals surface area contributed by atoms with Gasteiger partial charge in [0.15, 0.2) is 0 Å². The normalized spacial score (nSPS) is 25.2. The van der Waals surface area contributed by atoms with Gasteiger partial charge in [0.1, 0.15) is 6.17 Å². The van der Waals surface area contributed by atoms with Crippen LogP contribution in [0.1, 0.15) is 36.6 Å². The molecule has 2 aliphatic heterocycles. The van der Waals surface area contributed by atoms with E-state index in [1.165, 1.54) is 6.07 Å². The Hall–Kier alpha value is -1.76. The largest absolute Gasteiger partial charge is 0.416 e. The molecule has 2 unspecified atom stereocenters. The fourth-order valence-electron chi connectivity index (χ4n) is 3.42. The number of hydrogen-bond acceptors (Lipinski definition) is 3. The van der Waals surface area contributed by atoms with Crippen molar-refractivity contribution in [3.05, 3.63) is 29.3 Å². The van der Waals surface area contributed by atoms with Gasteiger partial charge < -0.3 is 10.2 Å². The molecule has 0 radical (unpaired) electrons. The number of amides is 1. The first kappa shape index (κ1) is 16.1. The van der Waals surface area contributed by atoms with Gasteiger partial charge in [-0.2, -0.15) is 13.2 Å². The van der Waals surface area contributed by atoms with Gasteiger partial charge in [-0.3, -0.25) is 9.69 Å². The van der Waals surface area contributed by atoms with Crippen molar-refractivity contribution in [2.45, 2.75) is 37.6 Å². The summed E-state index contributed by atoms with van der Waals surface area (Å²) in [5, 5.41) is 2.75. The van der Waals surface area contributed by atoms with Crippen molar-refractivity contribution in [3.63, 3.8) is 0 Å². The molecule has 1 N–H and O–H groups in total. The Bertz CT molecular complexity index is 615. The number of piperidine rings is 1. The van der Waals surface area contributed by atoms with E-state index in [0.717, 1.165) is 18.9 Å². The van der Waals surface area contributed by atoms with E-state index in [1.54, 1.807) is 25.1 Å². The van der Waals surface area contributed by atoms with Gasteiger partial charge in [-0.25, -0.2) is 0 Å². The van der Waals surface area contributed by atoms with Gasteiger partial charge in [0.25, 0.3) is 0 Å². The second-order valence-electron chi connectivity index (χ2n) is 6.32. The Morgan fingerprint density at radius 1 is 1.26 bits per heavy atom. The van der Waals surface area contributed by atoms with Crippen molar-refractivity contribution in [2.24, 2.45) is 0 Å². The zero-order valence-electron chi connectivity index (χ0n) is 13.2. The minimum Gasteiger partial charge on any atom is -0.378 e. The molecule has 3 rings (SSSR count). The number of rotatable bonds is 2. The third kappa shape index (κ3) is 2.89. The number of alkyl halides is 3. The number of hydrogen-bond donors (Lipinski definition) is 1. The van der Waals surface area contributed by atoms with Gasteiger partial charge in [0, 0.05) is 31.9 Å². The van der Waals surface area contributed by atoms with E-state index < -0.39 is 17.9 Å². The van der Waals surface area contributed by atoms with Gasteiger partial charge in [0.2, 0.25) is 5.91 Å². The first-order valence-electron chi connectivity index (χ1n) is 7.73. The molecular weight excluding hydrogens is 307 g/mol. The lowest BCUT2D eigenvalue weighted by Crippen LogP contribution is -2.38. The number of nitrogens with one attached hydrogen (secondary N) is 1. The van der Waals surface area contributed by atoms with Crippen molar-refractivity contribution in [2.75, 3.05) is 25.5 Å². The Labute approximate surface area is 133 Å². The van der Waals surface area contributed by atoms with Crippen molar-refractivity contribution in [3.8, 4) is 0 Å². The van der Waals surface area contributed by atoms with E-state index in [-0.39, 0.29) is 17.5 Å². The molecule has 1 aromatic carbocycles. The third-order valence-electron chi connectivity index (χ3n) is 4.61. The lowest BCUT2D eigenvalue weighted by Gasteiger charge is -2.32. The minimum atomic E-state index is -4.46. The van der Waals surface area contributed by atoms with Crippen molar-refractivity contribution >= 4 is 11.6 Å². The summed E-state index contributed by atoms with van der Waals surface area (Å²) in [6, 6.07) is 4.00. The molecule has 2 fully saturated rings. The Morgan fingerprint density at radius 2 is 2.00 bits per heavy atom. The molecular formula is C16H20F3N3O. The highest BCUT2D eigenvalue weighted by atomic mass is 19.4. The second-order valence-corrected chi connectivity index (χ2v) is 6.32. The standard InChI is InChI=1S/C16H20F3N3O/c1-21(2)10-6-7-11(12(9-10)16(17,18)19)14-20-15(23)13-5-3-4-8-22(13)14/h6-7,9,13-14H,3-5,8H2,1-2H3,(H,20,23). The van der Waals surface area contributed by atoms with E-state index in [9.17, 15) is 18.0 Å². The average molecular weight is 327 g/mol. The second kappa shape index (κ2) is 5.70. The number of benzene rings is 1. The number of carbonyl (C=O) groups is 1. The number of nitrogens with zero attached hydrogens (tertiary/aromatic N) is 2. The molecule has 126 valence electrons. The molecule has 1 amide bonds. The summed E-state index contributed by atoms with van der Waals surface area (Å²) >= 11 is 0. The molecule has 0 saturated carbocycles. The van der Waals surface area contributed by atoms with Crippen LogP contribution in [0.2, 0.25) is 0 Å². The summed E-state index contributed by atoms with van der Waals surface area (Å²) in [5.74, 6) is -0.167. The van der Waals surface area contributed by atoms with Crippen molar-refractivity contribution in [1.29, 1.82) is 0 Å². The Morgan fingerprint density at radius 3 is 2.65 bits per heavy atom. The molecule has 23 heavy (non-hydrogen) atoms. The van der Waals surface area contributed by atoms with Crippen LogP contribution in [0.15, 0.2) is 18.2 Å². The molecule has 2 heterocycles. The van der Waals surface area contributed by atoms with Crippen LogP contribution in [0.4, 0.5) is 18.9 Å². The van der Waals surface area contributed by atoms with E-state index >= 15 is 0 Å². The number of carbonyl (C=O) groups excluding carboxylic acids is 1. The van der Waals surface area contributed by atoms with Crippen molar-refractivity contribution in [1.82, 2.24) is 10.2 Å². The van der Waals surface area contributed by atoms with E-state index in [2.05, 4.69) is 5.32 Å². The van der Waals surface area contributed by atoms with Crippen LogP contribution in [-0.4, -0.2) is 37.5 Å². The van der Waals surface area contributed by atoms with Gasteiger partial charge in [-0.1, -0.05) is 12.5 Å². The Balaban J connectivity index is 2.03. The van der Waals surface area contributed by atoms with E-state index in [1.807, 2.05) is 4.90 Å². The molecule has 1 aromatic rings. The monoisotopic (exact) mass is 327 g/mol. The molecule has 0 spiro atoms. The van der Waals surface area contributed by atoms with Crippen LogP contribution in [0.3, 0.4) is 0 Å². The SMILES string of the molecule is CN(C)c1ccc(C2NC(=O)C3CCCCN32)c(C(F)(F)F)c1. The molecule has 0 aromatic heterocycles. The lowest BCUT2D eigenvalue weighted by molar-refractivity contribution is -0.138. The molecule has 2 saturated heterocycles. The maximum atomic E-state index is 13.5.